The van der Waals surface area contributed by atoms with E-state index in [-0.39, 0.29) is 0 Å². The number of hydrogen-bond donors (Lipinski definition) is 1. The Hall–Kier alpha value is -3.87. The third kappa shape index (κ3) is 10.7. The van der Waals surface area contributed by atoms with Crippen molar-refractivity contribution in [2.24, 2.45) is 0 Å². The number of aliphatic hydroxyl groups excluding tert-OH is 1. The van der Waals surface area contributed by atoms with Gasteiger partial charge in [0.05, 0.1) is 6.61 Å². The van der Waals surface area contributed by atoms with Gasteiger partial charge in [0.1, 0.15) is 18.8 Å². The van der Waals surface area contributed by atoms with Crippen LogP contribution in [0.4, 0.5) is 0 Å². The minimum Gasteiger partial charge on any atom is -0.463 e. The normalized spacial score (nSPS) is 31.5. The van der Waals surface area contributed by atoms with Gasteiger partial charge >= 0.3 is 41.8 Å². The SMILES string of the molecule is CC(=O)OC[C@H]1O[C@@H](OC[C@H]2O[C@H](O)[C@H](OC(C)=O)[C@@H](OC(C)=O)[C@@H]2OC(C)=O)C(OC(C)=O)[C@@H](OC(C)=O)[C@@H]1OC(C)=O. The highest BCUT2D eigenvalue weighted by Gasteiger charge is 2.55. The maximum absolute atomic E-state index is 12.1. The molecule has 1 N–H and O–H groups in total. The summed E-state index contributed by atoms with van der Waals surface area (Å²) in [6.07, 6.45) is -15.6. The molecule has 2 aliphatic rings. The molecule has 18 heteroatoms. The van der Waals surface area contributed by atoms with Crippen molar-refractivity contribution in [3.05, 3.63) is 0 Å². The number of esters is 7. The smallest absolute Gasteiger partial charge is 0.303 e. The summed E-state index contributed by atoms with van der Waals surface area (Å²) in [5, 5.41) is 10.6. The zero-order valence-electron chi connectivity index (χ0n) is 25.1. The summed E-state index contributed by atoms with van der Waals surface area (Å²) in [5.74, 6) is -5.94. The molecule has 0 spiro atoms. The standard InChI is InChI=1S/C26H36O18/c1-10(27)35-8-18-20(38-12(3)29)22(40-14(5)31)24(42-16(7)33)26(44-18)36-9-17-19(37-11(2)28)21(39-13(4)30)23(25(34)43-17)41-15(6)32/h17-26,34H,8-9H2,1-7H3/t17-,18-,19-,20-,21+,22+,23-,24?,25+,26-/m1/s1. The van der Waals surface area contributed by atoms with Crippen LogP contribution in [-0.2, 0) is 80.9 Å². The Bertz CT molecular complexity index is 1090. The van der Waals surface area contributed by atoms with Gasteiger partial charge < -0.3 is 52.5 Å². The van der Waals surface area contributed by atoms with Crippen LogP contribution in [0.1, 0.15) is 48.5 Å². The Balaban J connectivity index is 2.48. The van der Waals surface area contributed by atoms with Gasteiger partial charge in [-0.2, -0.15) is 0 Å². The molecule has 0 aromatic heterocycles. The van der Waals surface area contributed by atoms with E-state index in [1.165, 1.54) is 0 Å². The van der Waals surface area contributed by atoms with E-state index in [2.05, 4.69) is 0 Å². The number of hydrogen-bond acceptors (Lipinski definition) is 18. The maximum atomic E-state index is 12.1. The second kappa shape index (κ2) is 16.3. The lowest BCUT2D eigenvalue weighted by atomic mass is 9.97. The number of aliphatic hydroxyl groups is 1. The Morgan fingerprint density at radius 3 is 1.27 bits per heavy atom. The molecule has 10 atom stereocenters. The Morgan fingerprint density at radius 1 is 0.477 bits per heavy atom. The van der Waals surface area contributed by atoms with Gasteiger partial charge in [-0.25, -0.2) is 0 Å². The Kier molecular flexibility index (Phi) is 13.4. The average molecular weight is 637 g/mol. The molecule has 2 fully saturated rings. The lowest BCUT2D eigenvalue weighted by molar-refractivity contribution is -0.330. The van der Waals surface area contributed by atoms with Crippen LogP contribution in [0.5, 0.6) is 0 Å². The molecule has 0 aromatic rings. The highest BCUT2D eigenvalue weighted by Crippen LogP contribution is 2.32. The van der Waals surface area contributed by atoms with E-state index < -0.39 is 116 Å². The van der Waals surface area contributed by atoms with Gasteiger partial charge in [0, 0.05) is 48.5 Å². The van der Waals surface area contributed by atoms with Crippen LogP contribution in [0.2, 0.25) is 0 Å². The van der Waals surface area contributed by atoms with Crippen molar-refractivity contribution in [3.63, 3.8) is 0 Å². The fourth-order valence-corrected chi connectivity index (χ4v) is 4.52. The van der Waals surface area contributed by atoms with Gasteiger partial charge in [-0.05, 0) is 0 Å². The van der Waals surface area contributed by atoms with E-state index in [1.54, 1.807) is 0 Å². The van der Waals surface area contributed by atoms with Crippen molar-refractivity contribution >= 4 is 41.8 Å². The molecule has 0 aliphatic carbocycles. The zero-order chi connectivity index (χ0) is 33.3. The molecule has 0 saturated carbocycles. The molecule has 2 rings (SSSR count). The summed E-state index contributed by atoms with van der Waals surface area (Å²) in [4.78, 5) is 83.0. The van der Waals surface area contributed by atoms with E-state index >= 15 is 0 Å². The quantitative estimate of drug-likeness (QED) is 0.203. The summed E-state index contributed by atoms with van der Waals surface area (Å²) in [6.45, 7) is 6.15. The highest BCUT2D eigenvalue weighted by molar-refractivity contribution is 5.69. The first-order chi connectivity index (χ1) is 20.5. The topological polar surface area (TPSA) is 232 Å². The minimum atomic E-state index is -1.90. The molecule has 18 nitrogen and oxygen atoms in total. The minimum absolute atomic E-state index is 0.523. The van der Waals surface area contributed by atoms with Crippen LogP contribution in [0.25, 0.3) is 0 Å². The van der Waals surface area contributed by atoms with Gasteiger partial charge in [0.2, 0.25) is 0 Å². The van der Waals surface area contributed by atoms with Crippen LogP contribution < -0.4 is 0 Å². The van der Waals surface area contributed by atoms with E-state index in [4.69, 9.17) is 47.4 Å². The summed E-state index contributed by atoms with van der Waals surface area (Å²) >= 11 is 0. The van der Waals surface area contributed by atoms with Crippen LogP contribution in [0.3, 0.4) is 0 Å². The molecular weight excluding hydrogens is 600 g/mol. The zero-order valence-corrected chi connectivity index (χ0v) is 25.1. The highest BCUT2D eigenvalue weighted by atomic mass is 16.7. The van der Waals surface area contributed by atoms with Gasteiger partial charge in [-0.15, -0.1) is 0 Å². The first-order valence-corrected chi connectivity index (χ1v) is 13.3. The summed E-state index contributed by atoms with van der Waals surface area (Å²) in [6, 6.07) is 0. The lowest BCUT2D eigenvalue weighted by Crippen LogP contribution is -2.64. The summed E-state index contributed by atoms with van der Waals surface area (Å²) in [7, 11) is 0. The molecule has 0 aromatic carbocycles. The predicted octanol–water partition coefficient (Wildman–Crippen LogP) is -1.40. The molecule has 0 bridgehead atoms. The van der Waals surface area contributed by atoms with E-state index in [0.29, 0.717) is 0 Å². The van der Waals surface area contributed by atoms with Crippen LogP contribution >= 0.6 is 0 Å². The second-order valence-corrected chi connectivity index (χ2v) is 9.69. The van der Waals surface area contributed by atoms with Gasteiger partial charge in [-0.1, -0.05) is 0 Å². The Labute approximate surface area is 251 Å². The van der Waals surface area contributed by atoms with E-state index in [0.717, 1.165) is 48.5 Å². The fourth-order valence-electron chi connectivity index (χ4n) is 4.52. The molecule has 0 amide bonds. The predicted molar refractivity (Wildman–Crippen MR) is 135 cm³/mol. The van der Waals surface area contributed by atoms with Crippen molar-refractivity contribution in [2.45, 2.75) is 110 Å². The number of ether oxygens (including phenoxy) is 10. The van der Waals surface area contributed by atoms with Crippen LogP contribution in [0.15, 0.2) is 0 Å². The van der Waals surface area contributed by atoms with Crippen molar-refractivity contribution in [1.29, 1.82) is 0 Å². The van der Waals surface area contributed by atoms with Crippen LogP contribution in [-0.4, -0.2) is 122 Å². The molecule has 2 aliphatic heterocycles. The maximum Gasteiger partial charge on any atom is 0.303 e. The number of rotatable bonds is 11. The molecule has 2 saturated heterocycles. The summed E-state index contributed by atoms with van der Waals surface area (Å²) < 4.78 is 53.7. The molecule has 2 heterocycles. The molecular formula is C26H36O18. The summed E-state index contributed by atoms with van der Waals surface area (Å²) in [5.41, 5.74) is 0. The molecule has 1 unspecified atom stereocenters. The van der Waals surface area contributed by atoms with Crippen molar-refractivity contribution in [2.75, 3.05) is 13.2 Å². The first-order valence-electron chi connectivity index (χ1n) is 13.3. The molecule has 248 valence electrons. The van der Waals surface area contributed by atoms with Crippen molar-refractivity contribution in [3.8, 4) is 0 Å². The fraction of sp³-hybridized carbons (Fsp3) is 0.731. The first kappa shape index (κ1) is 36.3. The largest absolute Gasteiger partial charge is 0.463 e. The monoisotopic (exact) mass is 636 g/mol. The molecule has 44 heavy (non-hydrogen) atoms. The van der Waals surface area contributed by atoms with E-state index in [1.807, 2.05) is 0 Å². The Morgan fingerprint density at radius 2 is 0.841 bits per heavy atom. The average Bonchev–Trinajstić information content (AvgIpc) is 2.87. The second-order valence-electron chi connectivity index (χ2n) is 9.69. The third-order valence-corrected chi connectivity index (χ3v) is 5.89. The van der Waals surface area contributed by atoms with Gasteiger partial charge in [0.15, 0.2) is 49.2 Å². The van der Waals surface area contributed by atoms with Crippen LogP contribution in [0, 0.1) is 0 Å². The van der Waals surface area contributed by atoms with E-state index in [9.17, 15) is 38.7 Å². The molecule has 0 radical (unpaired) electrons. The van der Waals surface area contributed by atoms with Crippen molar-refractivity contribution in [1.82, 2.24) is 0 Å². The van der Waals surface area contributed by atoms with Gasteiger partial charge in [0.25, 0.3) is 0 Å². The van der Waals surface area contributed by atoms with Crippen molar-refractivity contribution < 1.29 is 86.0 Å². The lowest BCUT2D eigenvalue weighted by Gasteiger charge is -2.45. The third-order valence-electron chi connectivity index (χ3n) is 5.89. The van der Waals surface area contributed by atoms with Gasteiger partial charge in [-0.3, -0.25) is 33.6 Å². The number of carbonyl (C=O) groups excluding carboxylic acids is 7. The number of carbonyl (C=O) groups is 7.